The minimum Gasteiger partial charge on any atom is -0.486 e. The van der Waals surface area contributed by atoms with Gasteiger partial charge in [-0.2, -0.15) is 17.5 Å². The first kappa shape index (κ1) is 25.1. The molecule has 0 atom stereocenters. The molecule has 0 saturated carbocycles. The number of carboxylic acid groups (broad SMARTS) is 1. The van der Waals surface area contributed by atoms with E-state index in [4.69, 9.17) is 14.6 Å². The summed E-state index contributed by atoms with van der Waals surface area (Å²) in [6.07, 6.45) is -1.80. The number of alkyl halides is 3. The SMILES string of the molecule is O=C(O)C(F)(F)F.O=S(=O)(Cc1ccccc1)N1CCn2nnc(COc3cccnc3)c2C1. The van der Waals surface area contributed by atoms with Crippen LogP contribution in [0.2, 0.25) is 0 Å². The number of carboxylic acids is 1. The number of halogens is 3. The Morgan fingerprint density at radius 1 is 1.12 bits per heavy atom. The summed E-state index contributed by atoms with van der Waals surface area (Å²) in [5.41, 5.74) is 2.18. The van der Waals surface area contributed by atoms with Crippen molar-refractivity contribution in [3.63, 3.8) is 0 Å². The summed E-state index contributed by atoms with van der Waals surface area (Å²) in [4.78, 5) is 12.9. The number of aliphatic carboxylic acids is 1. The zero-order chi connectivity index (χ0) is 24.8. The van der Waals surface area contributed by atoms with Crippen LogP contribution in [0.25, 0.3) is 0 Å². The third-order valence-electron chi connectivity index (χ3n) is 4.64. The largest absolute Gasteiger partial charge is 0.490 e. The van der Waals surface area contributed by atoms with E-state index in [2.05, 4.69) is 15.3 Å². The Balaban J connectivity index is 0.000000406. The molecule has 10 nitrogen and oxygen atoms in total. The predicted octanol–water partition coefficient (Wildman–Crippen LogP) is 2.23. The van der Waals surface area contributed by atoms with Crippen LogP contribution in [0.5, 0.6) is 5.75 Å². The van der Waals surface area contributed by atoms with E-state index in [1.165, 1.54) is 4.31 Å². The molecule has 0 amide bonds. The summed E-state index contributed by atoms with van der Waals surface area (Å²) in [7, 11) is -3.43. The van der Waals surface area contributed by atoms with Crippen molar-refractivity contribution >= 4 is 16.0 Å². The monoisotopic (exact) mass is 499 g/mol. The number of hydrogen-bond donors (Lipinski definition) is 1. The van der Waals surface area contributed by atoms with Crippen molar-refractivity contribution in [1.29, 1.82) is 0 Å². The summed E-state index contributed by atoms with van der Waals surface area (Å²) < 4.78 is 66.3. The van der Waals surface area contributed by atoms with E-state index in [9.17, 15) is 21.6 Å². The molecule has 3 heterocycles. The summed E-state index contributed by atoms with van der Waals surface area (Å²) in [5.74, 6) is -2.15. The van der Waals surface area contributed by atoms with Gasteiger partial charge in [-0.15, -0.1) is 5.10 Å². The second-order valence-electron chi connectivity index (χ2n) is 7.06. The Kier molecular flexibility index (Phi) is 7.83. The number of fused-ring (bicyclic) bond motifs is 1. The molecule has 4 rings (SSSR count). The van der Waals surface area contributed by atoms with E-state index >= 15 is 0 Å². The lowest BCUT2D eigenvalue weighted by Gasteiger charge is -2.27. The summed E-state index contributed by atoms with van der Waals surface area (Å²) in [6, 6.07) is 12.8. The summed E-state index contributed by atoms with van der Waals surface area (Å²) >= 11 is 0. The molecule has 1 aliphatic rings. The van der Waals surface area contributed by atoms with Gasteiger partial charge < -0.3 is 9.84 Å². The standard InChI is InChI=1S/C18H19N5O3S.C2HF3O2/c24-27(25,14-15-5-2-1-3-6-15)22-9-10-23-18(12-22)17(20-21-23)13-26-16-7-4-8-19-11-16;3-2(4,5)1(6)7/h1-8,11H,9-10,12-14H2;(H,6,7). The normalized spacial score (nSPS) is 14.0. The summed E-state index contributed by atoms with van der Waals surface area (Å²) in [5, 5.41) is 15.4. The first-order chi connectivity index (χ1) is 16.1. The van der Waals surface area contributed by atoms with Gasteiger partial charge in [0.05, 0.1) is 30.7 Å². The first-order valence-corrected chi connectivity index (χ1v) is 11.4. The highest BCUT2D eigenvalue weighted by atomic mass is 32.2. The number of aromatic nitrogens is 4. The molecule has 0 spiro atoms. The Labute approximate surface area is 192 Å². The van der Waals surface area contributed by atoms with Gasteiger partial charge in [-0.1, -0.05) is 35.5 Å². The molecule has 0 aliphatic carbocycles. The topological polar surface area (TPSA) is 128 Å². The molecule has 182 valence electrons. The number of hydrogen-bond acceptors (Lipinski definition) is 7. The fraction of sp³-hybridized carbons (Fsp3) is 0.300. The van der Waals surface area contributed by atoms with Gasteiger partial charge in [0.25, 0.3) is 0 Å². The average Bonchev–Trinajstić information content (AvgIpc) is 3.21. The molecule has 0 saturated heterocycles. The number of nitrogens with zero attached hydrogens (tertiary/aromatic N) is 5. The van der Waals surface area contributed by atoms with Crippen molar-refractivity contribution in [3.8, 4) is 5.75 Å². The van der Waals surface area contributed by atoms with Crippen molar-refractivity contribution in [2.75, 3.05) is 6.54 Å². The van der Waals surface area contributed by atoms with Gasteiger partial charge >= 0.3 is 12.1 Å². The predicted molar refractivity (Wildman–Crippen MR) is 112 cm³/mol. The third kappa shape index (κ3) is 6.74. The second kappa shape index (κ2) is 10.6. The van der Waals surface area contributed by atoms with Crippen LogP contribution < -0.4 is 4.74 Å². The van der Waals surface area contributed by atoms with Gasteiger partial charge in [-0.05, 0) is 17.7 Å². The average molecular weight is 499 g/mol. The highest BCUT2D eigenvalue weighted by molar-refractivity contribution is 7.88. The van der Waals surface area contributed by atoms with Crippen LogP contribution in [-0.2, 0) is 40.3 Å². The number of pyridine rings is 1. The Hall–Kier alpha value is -3.52. The Morgan fingerprint density at radius 3 is 2.44 bits per heavy atom. The maximum atomic E-state index is 12.8. The molecule has 1 N–H and O–H groups in total. The fourth-order valence-corrected chi connectivity index (χ4v) is 4.46. The van der Waals surface area contributed by atoms with E-state index in [1.807, 2.05) is 30.3 Å². The van der Waals surface area contributed by atoms with E-state index < -0.39 is 22.2 Å². The maximum Gasteiger partial charge on any atom is 0.490 e. The molecule has 1 aliphatic heterocycles. The van der Waals surface area contributed by atoms with Gasteiger partial charge in [-0.25, -0.2) is 17.9 Å². The smallest absolute Gasteiger partial charge is 0.486 e. The minimum atomic E-state index is -5.08. The van der Waals surface area contributed by atoms with E-state index in [0.717, 1.165) is 11.3 Å². The highest BCUT2D eigenvalue weighted by Gasteiger charge is 2.38. The molecule has 2 aromatic heterocycles. The van der Waals surface area contributed by atoms with Crippen LogP contribution in [0.15, 0.2) is 54.9 Å². The Morgan fingerprint density at radius 2 is 1.82 bits per heavy atom. The first-order valence-electron chi connectivity index (χ1n) is 9.82. The molecular formula is C20H20F3N5O5S. The molecule has 3 aromatic rings. The third-order valence-corrected chi connectivity index (χ3v) is 6.44. The van der Waals surface area contributed by atoms with Gasteiger partial charge in [0.15, 0.2) is 0 Å². The van der Waals surface area contributed by atoms with Crippen LogP contribution in [0.4, 0.5) is 13.2 Å². The lowest BCUT2D eigenvalue weighted by atomic mass is 10.2. The molecular weight excluding hydrogens is 479 g/mol. The lowest BCUT2D eigenvalue weighted by molar-refractivity contribution is -0.192. The zero-order valence-corrected chi connectivity index (χ0v) is 18.4. The van der Waals surface area contributed by atoms with Gasteiger partial charge in [0.1, 0.15) is 18.1 Å². The zero-order valence-electron chi connectivity index (χ0n) is 17.6. The van der Waals surface area contributed by atoms with Crippen LogP contribution in [0.1, 0.15) is 17.0 Å². The van der Waals surface area contributed by atoms with E-state index in [1.54, 1.807) is 29.2 Å². The second-order valence-corrected chi connectivity index (χ2v) is 9.03. The van der Waals surface area contributed by atoms with Crippen molar-refractivity contribution in [2.24, 2.45) is 0 Å². The van der Waals surface area contributed by atoms with Crippen LogP contribution in [-0.4, -0.2) is 56.5 Å². The van der Waals surface area contributed by atoms with E-state index in [0.29, 0.717) is 24.5 Å². The van der Waals surface area contributed by atoms with Crippen molar-refractivity contribution in [3.05, 3.63) is 71.8 Å². The minimum absolute atomic E-state index is 0.0169. The Bertz CT molecular complexity index is 1200. The molecule has 0 unspecified atom stereocenters. The molecule has 1 aromatic carbocycles. The summed E-state index contributed by atoms with van der Waals surface area (Å²) in [6.45, 7) is 1.32. The van der Waals surface area contributed by atoms with Crippen LogP contribution >= 0.6 is 0 Å². The molecule has 0 fully saturated rings. The van der Waals surface area contributed by atoms with Crippen LogP contribution in [0, 0.1) is 0 Å². The van der Waals surface area contributed by atoms with Crippen LogP contribution in [0.3, 0.4) is 0 Å². The molecule has 34 heavy (non-hydrogen) atoms. The molecule has 0 bridgehead atoms. The lowest BCUT2D eigenvalue weighted by Crippen LogP contribution is -2.39. The number of carbonyl (C=O) groups is 1. The van der Waals surface area contributed by atoms with Crippen molar-refractivity contribution in [1.82, 2.24) is 24.3 Å². The number of rotatable bonds is 6. The quantitative estimate of drug-likeness (QED) is 0.547. The fourth-order valence-electron chi connectivity index (χ4n) is 2.98. The van der Waals surface area contributed by atoms with Gasteiger partial charge in [-0.3, -0.25) is 4.98 Å². The van der Waals surface area contributed by atoms with Gasteiger partial charge in [0.2, 0.25) is 10.0 Å². The molecule has 0 radical (unpaired) electrons. The maximum absolute atomic E-state index is 12.8. The molecule has 14 heteroatoms. The number of sulfonamides is 1. The van der Waals surface area contributed by atoms with Gasteiger partial charge in [0, 0.05) is 12.7 Å². The van der Waals surface area contributed by atoms with Crippen molar-refractivity contribution in [2.45, 2.75) is 31.6 Å². The number of benzene rings is 1. The van der Waals surface area contributed by atoms with Crippen molar-refractivity contribution < 1.29 is 36.2 Å². The highest BCUT2D eigenvalue weighted by Crippen LogP contribution is 2.21. The van der Waals surface area contributed by atoms with E-state index in [-0.39, 0.29) is 18.9 Å². The number of ether oxygens (including phenoxy) is 1.